The average Bonchev–Trinajstić information content (AvgIpc) is 2.97. The number of rotatable bonds is 5. The summed E-state index contributed by atoms with van der Waals surface area (Å²) in [4.78, 5) is 30.2. The second kappa shape index (κ2) is 7.50. The maximum absolute atomic E-state index is 13.9. The maximum Gasteiger partial charge on any atom is 0.278 e. The minimum Gasteiger partial charge on any atom is -0.352 e. The lowest BCUT2D eigenvalue weighted by molar-refractivity contribution is -0.122. The van der Waals surface area contributed by atoms with Crippen LogP contribution in [0.1, 0.15) is 19.4 Å². The lowest BCUT2D eigenvalue weighted by Gasteiger charge is -2.11. The molecule has 0 aliphatic heterocycles. The molecule has 6 nitrogen and oxygen atoms in total. The lowest BCUT2D eigenvalue weighted by atomic mass is 10.2. The molecule has 0 atom stereocenters. The number of aromatic nitrogens is 3. The zero-order chi connectivity index (χ0) is 20.5. The van der Waals surface area contributed by atoms with Crippen molar-refractivity contribution in [2.75, 3.05) is 0 Å². The third-order valence-electron chi connectivity index (χ3n) is 4.74. The van der Waals surface area contributed by atoms with Crippen molar-refractivity contribution in [2.24, 2.45) is 0 Å². The fourth-order valence-corrected chi connectivity index (χ4v) is 3.54. The van der Waals surface area contributed by atoms with Gasteiger partial charge >= 0.3 is 0 Å². The van der Waals surface area contributed by atoms with Gasteiger partial charge in [0.2, 0.25) is 5.91 Å². The monoisotopic (exact) mass is 392 g/mol. The van der Waals surface area contributed by atoms with Gasteiger partial charge in [-0.05, 0) is 37.6 Å². The predicted molar refractivity (Wildman–Crippen MR) is 110 cm³/mol. The zero-order valence-corrected chi connectivity index (χ0v) is 16.2. The molecule has 0 aliphatic rings. The van der Waals surface area contributed by atoms with Gasteiger partial charge < -0.3 is 9.88 Å². The van der Waals surface area contributed by atoms with E-state index in [0.29, 0.717) is 28.5 Å². The van der Waals surface area contributed by atoms with Crippen molar-refractivity contribution in [3.8, 4) is 0 Å². The molecular formula is C22H21FN4O2. The molecule has 29 heavy (non-hydrogen) atoms. The number of carbonyl (C=O) groups is 1. The normalized spacial score (nSPS) is 11.4. The van der Waals surface area contributed by atoms with E-state index in [1.54, 1.807) is 10.6 Å². The van der Waals surface area contributed by atoms with Crippen molar-refractivity contribution >= 4 is 27.8 Å². The van der Waals surface area contributed by atoms with Gasteiger partial charge in [0.1, 0.15) is 23.4 Å². The van der Waals surface area contributed by atoms with Crippen molar-refractivity contribution in [2.45, 2.75) is 33.0 Å². The Morgan fingerprint density at radius 1 is 1.17 bits per heavy atom. The molecule has 0 saturated heterocycles. The van der Waals surface area contributed by atoms with E-state index < -0.39 is 5.82 Å². The Labute approximate surface area is 166 Å². The second-order valence-electron chi connectivity index (χ2n) is 7.33. The number of benzene rings is 2. The predicted octanol–water partition coefficient (Wildman–Crippen LogP) is 3.06. The topological polar surface area (TPSA) is 68.9 Å². The standard InChI is InChI=1S/C22H21FN4O2/c1-14(2)25-19(28)12-27-18-9-8-16(23)10-17(18)20-21(27)22(29)26(13-24-20)11-15-6-4-3-5-7-15/h3-10,13-14H,11-12H2,1-2H3,(H,25,28). The molecule has 2 aromatic heterocycles. The molecule has 7 heteroatoms. The molecule has 0 aliphatic carbocycles. The highest BCUT2D eigenvalue weighted by Gasteiger charge is 2.19. The number of nitrogens with zero attached hydrogens (tertiary/aromatic N) is 3. The third kappa shape index (κ3) is 3.63. The molecule has 1 N–H and O–H groups in total. The Morgan fingerprint density at radius 3 is 2.66 bits per heavy atom. The summed E-state index contributed by atoms with van der Waals surface area (Å²) in [6.07, 6.45) is 1.47. The van der Waals surface area contributed by atoms with Crippen LogP contribution in [0, 0.1) is 5.82 Å². The van der Waals surface area contributed by atoms with E-state index in [0.717, 1.165) is 5.56 Å². The Kier molecular flexibility index (Phi) is 4.88. The molecule has 0 radical (unpaired) electrons. The number of nitrogens with one attached hydrogen (secondary N) is 1. The van der Waals surface area contributed by atoms with E-state index >= 15 is 0 Å². The van der Waals surface area contributed by atoms with Crippen molar-refractivity contribution < 1.29 is 9.18 Å². The summed E-state index contributed by atoms with van der Waals surface area (Å²) >= 11 is 0. The molecule has 1 amide bonds. The second-order valence-corrected chi connectivity index (χ2v) is 7.33. The highest BCUT2D eigenvalue weighted by atomic mass is 19.1. The quantitative estimate of drug-likeness (QED) is 0.568. The first-order valence-corrected chi connectivity index (χ1v) is 9.44. The first kappa shape index (κ1) is 18.9. The third-order valence-corrected chi connectivity index (χ3v) is 4.74. The minimum atomic E-state index is -0.418. The Morgan fingerprint density at radius 2 is 1.93 bits per heavy atom. The smallest absolute Gasteiger partial charge is 0.278 e. The number of carbonyl (C=O) groups excluding carboxylic acids is 1. The van der Waals surface area contributed by atoms with Crippen molar-refractivity contribution in [3.05, 3.63) is 76.6 Å². The van der Waals surface area contributed by atoms with E-state index in [1.807, 2.05) is 44.2 Å². The van der Waals surface area contributed by atoms with Crippen LogP contribution >= 0.6 is 0 Å². The van der Waals surface area contributed by atoms with Crippen molar-refractivity contribution in [3.63, 3.8) is 0 Å². The Balaban J connectivity index is 1.90. The molecular weight excluding hydrogens is 371 g/mol. The molecule has 2 aromatic carbocycles. The highest BCUT2D eigenvalue weighted by molar-refractivity contribution is 6.06. The summed E-state index contributed by atoms with van der Waals surface area (Å²) in [6, 6.07) is 13.8. The number of amides is 1. The maximum atomic E-state index is 13.9. The van der Waals surface area contributed by atoms with E-state index in [2.05, 4.69) is 10.3 Å². The van der Waals surface area contributed by atoms with Crippen LogP contribution in [0.2, 0.25) is 0 Å². The fourth-order valence-electron chi connectivity index (χ4n) is 3.54. The van der Waals surface area contributed by atoms with E-state index in [9.17, 15) is 14.0 Å². The van der Waals surface area contributed by atoms with E-state index in [-0.39, 0.29) is 24.1 Å². The molecule has 0 unspecified atom stereocenters. The Bertz CT molecular complexity index is 1260. The molecule has 0 bridgehead atoms. The van der Waals surface area contributed by atoms with Crippen LogP contribution in [-0.4, -0.2) is 26.1 Å². The van der Waals surface area contributed by atoms with Crippen molar-refractivity contribution in [1.29, 1.82) is 0 Å². The first-order valence-electron chi connectivity index (χ1n) is 9.44. The number of hydrogen-bond acceptors (Lipinski definition) is 3. The van der Waals surface area contributed by atoms with Gasteiger partial charge in [0, 0.05) is 11.4 Å². The van der Waals surface area contributed by atoms with E-state index in [4.69, 9.17) is 0 Å². The minimum absolute atomic E-state index is 0.0269. The molecule has 148 valence electrons. The molecule has 4 rings (SSSR count). The van der Waals surface area contributed by atoms with Crippen LogP contribution in [-0.2, 0) is 17.9 Å². The summed E-state index contributed by atoms with van der Waals surface area (Å²) < 4.78 is 17.0. The molecule has 0 fully saturated rings. The summed E-state index contributed by atoms with van der Waals surface area (Å²) in [5.74, 6) is -0.639. The molecule has 0 spiro atoms. The summed E-state index contributed by atoms with van der Waals surface area (Å²) in [5.41, 5.74) is 1.98. The van der Waals surface area contributed by atoms with E-state index in [1.165, 1.54) is 23.0 Å². The van der Waals surface area contributed by atoms with Gasteiger partial charge in [0.05, 0.1) is 18.4 Å². The van der Waals surface area contributed by atoms with Gasteiger partial charge in [0.15, 0.2) is 0 Å². The van der Waals surface area contributed by atoms with Crippen LogP contribution in [0.4, 0.5) is 4.39 Å². The fraction of sp³-hybridized carbons (Fsp3) is 0.227. The Hall–Kier alpha value is -3.48. The average molecular weight is 392 g/mol. The SMILES string of the molecule is CC(C)NC(=O)Cn1c2ccc(F)cc2c2ncn(Cc3ccccc3)c(=O)c21. The number of hydrogen-bond donors (Lipinski definition) is 1. The van der Waals surface area contributed by atoms with Crippen molar-refractivity contribution in [1.82, 2.24) is 19.4 Å². The molecule has 4 aromatic rings. The van der Waals surface area contributed by atoms with Gasteiger partial charge in [-0.2, -0.15) is 0 Å². The highest BCUT2D eigenvalue weighted by Crippen LogP contribution is 2.26. The summed E-state index contributed by atoms with van der Waals surface area (Å²) in [5, 5.41) is 3.35. The number of halogens is 1. The summed E-state index contributed by atoms with van der Waals surface area (Å²) in [6.45, 7) is 4.05. The van der Waals surface area contributed by atoms with Gasteiger partial charge in [-0.15, -0.1) is 0 Å². The van der Waals surface area contributed by atoms with Crippen LogP contribution in [0.15, 0.2) is 59.7 Å². The van der Waals surface area contributed by atoms with Crippen LogP contribution < -0.4 is 10.9 Å². The lowest BCUT2D eigenvalue weighted by Crippen LogP contribution is -2.33. The molecule has 0 saturated carbocycles. The van der Waals surface area contributed by atoms with Gasteiger partial charge in [0.25, 0.3) is 5.56 Å². The van der Waals surface area contributed by atoms with Gasteiger partial charge in [-0.3, -0.25) is 14.2 Å². The largest absolute Gasteiger partial charge is 0.352 e. The van der Waals surface area contributed by atoms with Crippen LogP contribution in [0.5, 0.6) is 0 Å². The van der Waals surface area contributed by atoms with Gasteiger partial charge in [-0.25, -0.2) is 9.37 Å². The zero-order valence-electron chi connectivity index (χ0n) is 16.2. The van der Waals surface area contributed by atoms with Crippen LogP contribution in [0.25, 0.3) is 21.9 Å². The van der Waals surface area contributed by atoms with Gasteiger partial charge in [-0.1, -0.05) is 30.3 Å². The first-order chi connectivity index (χ1) is 13.9. The summed E-state index contributed by atoms with van der Waals surface area (Å²) in [7, 11) is 0. The molecule has 2 heterocycles. The number of fused-ring (bicyclic) bond motifs is 3. The van der Waals surface area contributed by atoms with Crippen LogP contribution in [0.3, 0.4) is 0 Å².